The Hall–Kier alpha value is -11.2. The first-order chi connectivity index (χ1) is 62.7. The summed E-state index contributed by atoms with van der Waals surface area (Å²) in [6, 6.07) is 120. The van der Waals surface area contributed by atoms with Crippen molar-refractivity contribution in [1.82, 2.24) is 0 Å². The third-order valence-electron chi connectivity index (χ3n) is 34.2. The first-order valence-corrected chi connectivity index (χ1v) is 49.9. The molecule has 0 radical (unpaired) electrons. The Morgan fingerprint density at radius 1 is 0.260 bits per heavy atom. The van der Waals surface area contributed by atoms with Gasteiger partial charge in [0, 0.05) is 86.0 Å². The molecule has 4 unspecified atom stereocenters. The Kier molecular flexibility index (Phi) is 19.4. The van der Waals surface area contributed by atoms with Crippen LogP contribution in [0.15, 0.2) is 297 Å². The predicted octanol–water partition coefficient (Wildman–Crippen LogP) is 28.0. The summed E-state index contributed by atoms with van der Waals surface area (Å²) < 4.78 is 0. The highest BCUT2D eigenvalue weighted by Crippen LogP contribution is 2.67. The van der Waals surface area contributed by atoms with Crippen molar-refractivity contribution < 1.29 is 0 Å². The van der Waals surface area contributed by atoms with Crippen LogP contribution in [0.2, 0.25) is 0 Å². The van der Waals surface area contributed by atoms with E-state index in [0.717, 1.165) is 11.4 Å². The second-order valence-electron chi connectivity index (χ2n) is 41.6. The van der Waals surface area contributed by atoms with Gasteiger partial charge in [-0.2, -0.15) is 0 Å². The molecule has 0 saturated heterocycles. The van der Waals surface area contributed by atoms with E-state index in [9.17, 15) is 0 Å². The van der Waals surface area contributed by atoms with Gasteiger partial charge in [-0.05, 0) is 259 Å². The molecule has 8 heteroatoms. The molecule has 127 heavy (non-hydrogen) atoms. The molecule has 12 aliphatic rings. The summed E-state index contributed by atoms with van der Waals surface area (Å²) in [5, 5.41) is 0. The Morgan fingerprint density at radius 2 is 0.583 bits per heavy atom. The molecule has 6 saturated carbocycles. The number of para-hydroxylation sites is 7. The van der Waals surface area contributed by atoms with Crippen LogP contribution in [0.25, 0.3) is 11.1 Å². The van der Waals surface area contributed by atoms with Crippen LogP contribution >= 0.6 is 0 Å². The smallest absolute Gasteiger partial charge is 0.252 e. The average molecular weight is 1660 g/mol. The summed E-state index contributed by atoms with van der Waals surface area (Å²) in [7, 11) is 0. The number of fused-ring (bicyclic) bond motifs is 17. The van der Waals surface area contributed by atoms with Gasteiger partial charge in [-0.1, -0.05) is 350 Å². The first-order valence-electron chi connectivity index (χ1n) is 49.9. The van der Waals surface area contributed by atoms with E-state index in [1.807, 2.05) is 0 Å². The number of nitrogens with zero attached hydrogens (tertiary/aromatic N) is 6. The van der Waals surface area contributed by atoms with Gasteiger partial charge >= 0.3 is 0 Å². The van der Waals surface area contributed by atoms with Gasteiger partial charge in [-0.15, -0.1) is 0 Å². The molecule has 5 heterocycles. The highest BCUT2D eigenvalue weighted by Gasteiger charge is 2.59. The van der Waals surface area contributed by atoms with Crippen molar-refractivity contribution in [2.45, 2.75) is 211 Å². The number of benzene rings is 13. The van der Waals surface area contributed by atoms with Gasteiger partial charge in [0.2, 0.25) is 0 Å². The van der Waals surface area contributed by atoms with Crippen LogP contribution in [-0.2, 0) is 10.8 Å². The third-order valence-corrected chi connectivity index (χ3v) is 34.2. The van der Waals surface area contributed by atoms with E-state index in [1.165, 1.54) is 318 Å². The zero-order valence-electron chi connectivity index (χ0n) is 74.8. The van der Waals surface area contributed by atoms with E-state index >= 15 is 0 Å². The molecule has 1 spiro atoms. The van der Waals surface area contributed by atoms with Gasteiger partial charge in [0.05, 0.1) is 22.5 Å². The highest BCUT2D eigenvalue weighted by atomic mass is 15.3. The standard InChI is InChI=1S/C119H120B2N6/c1-118(2,3)83-71-110-114-111(72-83)126(116-90(79-41-13-4-14-42-79)61-39-62-91(116)80-43-15-5-16-44-80)108-77-106-98(75-102(108)120(114)100-67-35-37-69-104(100)123(110)86-53-25-10-26-54-86)119(96-65-33-31-59-94(96)95-60-32-34-66-97(95)119)99-76-103-109(78-107(99)125(106)88-57-29-12-30-58-88)127(117-92(81-45-17-6-18-46-81)63-40-64-93(117)82-47-19-7-20-48-82)113-74-89(122(84-49-21-8-22-50-84)85-51-23-9-24-52-85)73-112-115(113)121(103)101-68-36-38-70-105(101)124(112)87-55-27-11-28-56-87/h8-12,21-38,49-60,65-82,90-93,116-117H,4-7,13-20,39-48,61-64H2,1-3H3. The Morgan fingerprint density at radius 3 is 0.976 bits per heavy atom. The van der Waals surface area contributed by atoms with E-state index < -0.39 is 5.41 Å². The van der Waals surface area contributed by atoms with E-state index in [4.69, 9.17) is 0 Å². The van der Waals surface area contributed by atoms with Crippen LogP contribution in [0.5, 0.6) is 0 Å². The molecule has 632 valence electrons. The fourth-order valence-electron chi connectivity index (χ4n) is 29.0. The van der Waals surface area contributed by atoms with Gasteiger partial charge in [0.25, 0.3) is 13.4 Å². The summed E-state index contributed by atoms with van der Waals surface area (Å²) in [5.74, 6) is 4.76. The van der Waals surface area contributed by atoms with Gasteiger partial charge < -0.3 is 29.4 Å². The van der Waals surface area contributed by atoms with E-state index in [-0.39, 0.29) is 24.9 Å². The van der Waals surface area contributed by atoms with Crippen molar-refractivity contribution >= 4 is 137 Å². The van der Waals surface area contributed by atoms with Gasteiger partial charge in [0.1, 0.15) is 0 Å². The van der Waals surface area contributed by atoms with Crippen molar-refractivity contribution in [3.8, 4) is 11.1 Å². The van der Waals surface area contributed by atoms with Crippen molar-refractivity contribution in [1.29, 1.82) is 0 Å². The second kappa shape index (κ2) is 31.6. The molecule has 0 amide bonds. The minimum atomic E-state index is -0.810. The van der Waals surface area contributed by atoms with Crippen molar-refractivity contribution in [2.75, 3.05) is 29.4 Å². The maximum atomic E-state index is 3.23. The normalized spacial score (nSPS) is 22.2. The summed E-state index contributed by atoms with van der Waals surface area (Å²) in [6.45, 7) is 7.26. The predicted molar refractivity (Wildman–Crippen MR) is 537 cm³/mol. The highest BCUT2D eigenvalue weighted by molar-refractivity contribution is 7.01. The Labute approximate surface area is 755 Å². The van der Waals surface area contributed by atoms with Gasteiger partial charge in [-0.25, -0.2) is 0 Å². The molecule has 6 nitrogen and oxygen atoms in total. The van der Waals surface area contributed by atoms with Gasteiger partial charge in [0.15, 0.2) is 0 Å². The third kappa shape index (κ3) is 12.4. The zero-order valence-corrected chi connectivity index (χ0v) is 74.8. The lowest BCUT2D eigenvalue weighted by Gasteiger charge is -2.56. The fourth-order valence-corrected chi connectivity index (χ4v) is 29.0. The van der Waals surface area contributed by atoms with E-state index in [0.29, 0.717) is 53.4 Å². The topological polar surface area (TPSA) is 19.4 Å². The van der Waals surface area contributed by atoms with E-state index in [2.05, 4.69) is 347 Å². The van der Waals surface area contributed by atoms with Crippen molar-refractivity contribution in [2.24, 2.45) is 47.3 Å². The summed E-state index contributed by atoms with van der Waals surface area (Å²) >= 11 is 0. The van der Waals surface area contributed by atoms with E-state index in [1.54, 1.807) is 0 Å². The molecular weight excluding hydrogens is 1530 g/mol. The first kappa shape index (κ1) is 78.1. The SMILES string of the molecule is CC(C)(C)c1cc2c3c(c1)N(C1C(C4CCCCC4)CCCC1C1CCCCC1)c1cc4c(cc1B3c1ccccc1N2c1ccccc1)C1(c2ccccc2-c2ccccc21)c1cc2c(cc1N4c1ccccc1)N(C1C(C3CCCCC3)CCCC1C1CCCCC1)c1cc(N(c3ccccc3)c3ccccc3)cc3c1B2c1ccccc1N3c1ccccc1. The second-order valence-corrected chi connectivity index (χ2v) is 41.6. The van der Waals surface area contributed by atoms with Crippen LogP contribution in [0, 0.1) is 47.3 Å². The van der Waals surface area contributed by atoms with Crippen molar-refractivity contribution in [3.63, 3.8) is 0 Å². The van der Waals surface area contributed by atoms with Crippen molar-refractivity contribution in [3.05, 3.63) is 325 Å². The number of anilines is 16. The lowest BCUT2D eigenvalue weighted by atomic mass is 9.32. The van der Waals surface area contributed by atoms with Gasteiger partial charge in [-0.3, -0.25) is 0 Å². The molecule has 4 atom stereocenters. The Balaban J connectivity index is 0.835. The largest absolute Gasteiger partial charge is 0.339 e. The molecule has 25 rings (SSSR count). The summed E-state index contributed by atoms with van der Waals surface area (Å²) in [6.07, 6.45) is 34.5. The lowest BCUT2D eigenvalue weighted by molar-refractivity contribution is 0.0839. The minimum Gasteiger partial charge on any atom is -0.339 e. The number of hydrogen-bond donors (Lipinski definition) is 0. The quantitative estimate of drug-likeness (QED) is 0.113. The number of rotatable bonds is 12. The lowest BCUT2D eigenvalue weighted by Crippen LogP contribution is -2.65. The molecule has 5 aliphatic heterocycles. The molecule has 6 fully saturated rings. The fraction of sp³-hybridized carbons (Fsp3) is 0.345. The Bertz CT molecular complexity index is 6180. The number of hydrogen-bond acceptors (Lipinski definition) is 6. The van der Waals surface area contributed by atoms with Crippen LogP contribution in [-0.4, -0.2) is 25.5 Å². The van der Waals surface area contributed by atoms with Crippen LogP contribution < -0.4 is 62.2 Å². The monoisotopic (exact) mass is 1650 g/mol. The van der Waals surface area contributed by atoms with Crippen LogP contribution in [0.3, 0.4) is 0 Å². The maximum absolute atomic E-state index is 3.23. The molecule has 7 aliphatic carbocycles. The molecule has 0 aromatic heterocycles. The summed E-state index contributed by atoms with van der Waals surface area (Å²) in [5.41, 5.74) is 37.8. The molecular formula is C119H120B2N6. The molecule has 0 bridgehead atoms. The summed E-state index contributed by atoms with van der Waals surface area (Å²) in [4.78, 5) is 17.4. The minimum absolute atomic E-state index is 0.0836. The van der Waals surface area contributed by atoms with Crippen LogP contribution in [0.4, 0.5) is 91.0 Å². The molecule has 13 aromatic carbocycles. The average Bonchev–Trinajstić information content (AvgIpc) is 1.61. The molecule has 13 aromatic rings. The van der Waals surface area contributed by atoms with Crippen LogP contribution in [0.1, 0.15) is 216 Å². The maximum Gasteiger partial charge on any atom is 0.252 e. The molecule has 0 N–H and O–H groups in total. The zero-order chi connectivity index (χ0) is 84.2.